The molecule has 2 N–H and O–H groups in total. The highest BCUT2D eigenvalue weighted by molar-refractivity contribution is 7.90. The van der Waals surface area contributed by atoms with E-state index in [0.29, 0.717) is 25.9 Å². The predicted octanol–water partition coefficient (Wildman–Crippen LogP) is 3.01. The summed E-state index contributed by atoms with van der Waals surface area (Å²) in [5, 5.41) is 2.99. The van der Waals surface area contributed by atoms with Crippen LogP contribution in [-0.4, -0.2) is 68.5 Å². The number of nitrogens with one attached hydrogen (secondary N) is 2. The fourth-order valence-electron chi connectivity index (χ4n) is 3.97. The van der Waals surface area contributed by atoms with Crippen molar-refractivity contribution in [2.24, 2.45) is 0 Å². The first-order chi connectivity index (χ1) is 14.4. The lowest BCUT2D eigenvalue weighted by molar-refractivity contribution is -0.00521. The van der Waals surface area contributed by atoms with Gasteiger partial charge in [-0.1, -0.05) is 6.07 Å². The molecule has 2 fully saturated rings. The summed E-state index contributed by atoms with van der Waals surface area (Å²) in [7, 11) is -3.39. The molecule has 0 bridgehead atoms. The van der Waals surface area contributed by atoms with E-state index in [1.54, 1.807) is 25.7 Å². The molecule has 0 radical (unpaired) electrons. The van der Waals surface area contributed by atoms with Crippen LogP contribution < -0.4 is 14.9 Å². The molecule has 174 valence electrons. The van der Waals surface area contributed by atoms with Crippen LogP contribution in [0.2, 0.25) is 0 Å². The molecule has 1 aromatic carbocycles. The molecule has 31 heavy (non-hydrogen) atoms. The summed E-state index contributed by atoms with van der Waals surface area (Å²) in [5.74, 6) is 0. The summed E-state index contributed by atoms with van der Waals surface area (Å²) in [6.45, 7) is 11.9. The zero-order chi connectivity index (χ0) is 22.8. The van der Waals surface area contributed by atoms with E-state index in [0.717, 1.165) is 24.5 Å². The van der Waals surface area contributed by atoms with E-state index in [4.69, 9.17) is 4.74 Å². The Bertz CT molecular complexity index is 866. The summed E-state index contributed by atoms with van der Waals surface area (Å²) in [6, 6.07) is 7.59. The Morgan fingerprint density at radius 1 is 1.10 bits per heavy atom. The second kappa shape index (κ2) is 9.34. The minimum absolute atomic E-state index is 0.137. The zero-order valence-corrected chi connectivity index (χ0v) is 20.0. The maximum Gasteiger partial charge on any atom is 0.321 e. The summed E-state index contributed by atoms with van der Waals surface area (Å²) in [4.78, 5) is 16.8. The molecule has 2 amide bonds. The van der Waals surface area contributed by atoms with Crippen LogP contribution in [0.25, 0.3) is 0 Å². The molecule has 2 atom stereocenters. The van der Waals surface area contributed by atoms with Gasteiger partial charge in [-0.25, -0.2) is 17.9 Å². The molecule has 2 aliphatic rings. The highest BCUT2D eigenvalue weighted by atomic mass is 32.2. The molecule has 0 unspecified atom stereocenters. The average Bonchev–Trinajstić information content (AvgIpc) is 2.67. The third kappa shape index (κ3) is 6.11. The van der Waals surface area contributed by atoms with Gasteiger partial charge in [0.25, 0.3) is 0 Å². The monoisotopic (exact) mass is 452 g/mol. The number of morpholine rings is 1. The van der Waals surface area contributed by atoms with E-state index >= 15 is 0 Å². The minimum atomic E-state index is -3.39. The van der Waals surface area contributed by atoms with Gasteiger partial charge in [0.2, 0.25) is 10.0 Å². The second-order valence-corrected chi connectivity index (χ2v) is 12.1. The molecule has 2 saturated heterocycles. The Morgan fingerprint density at radius 3 is 2.29 bits per heavy atom. The average molecular weight is 453 g/mol. The van der Waals surface area contributed by atoms with Gasteiger partial charge in [-0.2, -0.15) is 0 Å². The van der Waals surface area contributed by atoms with Crippen molar-refractivity contribution in [2.75, 3.05) is 36.4 Å². The van der Waals surface area contributed by atoms with Crippen LogP contribution in [0.15, 0.2) is 24.3 Å². The van der Waals surface area contributed by atoms with Crippen molar-refractivity contribution in [3.8, 4) is 0 Å². The lowest BCUT2D eigenvalue weighted by Gasteiger charge is -2.37. The molecule has 0 spiro atoms. The zero-order valence-electron chi connectivity index (χ0n) is 19.2. The normalized spacial score (nSPS) is 23.6. The number of nitrogens with zero attached hydrogens (tertiary/aromatic N) is 2. The van der Waals surface area contributed by atoms with Gasteiger partial charge in [0, 0.05) is 43.6 Å². The number of sulfonamides is 1. The van der Waals surface area contributed by atoms with Crippen molar-refractivity contribution in [2.45, 2.75) is 70.5 Å². The van der Waals surface area contributed by atoms with Crippen LogP contribution in [0.4, 0.5) is 16.2 Å². The van der Waals surface area contributed by atoms with Crippen LogP contribution in [0.3, 0.4) is 0 Å². The number of likely N-dealkylation sites (tertiary alicyclic amines) is 1. The molecule has 2 heterocycles. The number of rotatable bonds is 4. The Labute approximate surface area is 186 Å². The largest absolute Gasteiger partial charge is 0.372 e. The number of carbonyl (C=O) groups is 1. The number of ether oxygens (including phenoxy) is 1. The molecule has 1 aromatic rings. The quantitative estimate of drug-likeness (QED) is 0.733. The van der Waals surface area contributed by atoms with E-state index in [2.05, 4.69) is 28.8 Å². The van der Waals surface area contributed by atoms with Crippen molar-refractivity contribution < 1.29 is 17.9 Å². The van der Waals surface area contributed by atoms with Gasteiger partial charge in [0.05, 0.1) is 17.0 Å². The smallest absolute Gasteiger partial charge is 0.321 e. The first-order valence-corrected chi connectivity index (χ1v) is 12.5. The van der Waals surface area contributed by atoms with E-state index in [1.807, 2.05) is 24.3 Å². The number of benzene rings is 1. The Hall–Kier alpha value is -1.84. The van der Waals surface area contributed by atoms with Gasteiger partial charge in [0.1, 0.15) is 0 Å². The van der Waals surface area contributed by atoms with Gasteiger partial charge in [-0.15, -0.1) is 0 Å². The molecule has 0 saturated carbocycles. The van der Waals surface area contributed by atoms with E-state index in [9.17, 15) is 13.2 Å². The number of anilines is 2. The first-order valence-electron chi connectivity index (χ1n) is 11.0. The van der Waals surface area contributed by atoms with Crippen molar-refractivity contribution in [3.63, 3.8) is 0 Å². The maximum absolute atomic E-state index is 12.8. The topological polar surface area (TPSA) is 91.0 Å². The highest BCUT2D eigenvalue weighted by Crippen LogP contribution is 2.24. The molecule has 0 aliphatic carbocycles. The van der Waals surface area contributed by atoms with Gasteiger partial charge in [-0.3, -0.25) is 0 Å². The van der Waals surface area contributed by atoms with Gasteiger partial charge in [-0.05, 0) is 65.7 Å². The second-order valence-electron chi connectivity index (χ2n) is 9.64. The Morgan fingerprint density at radius 2 is 1.71 bits per heavy atom. The number of hydrogen-bond donors (Lipinski definition) is 2. The number of amides is 2. The SMILES string of the molecule is C[C@@H]1CN(c2cccc(NC(=O)N3CCC(NS(=O)(=O)C(C)(C)C)CC3)c2)C[C@H](C)O1. The van der Waals surface area contributed by atoms with Crippen molar-refractivity contribution >= 4 is 27.4 Å². The summed E-state index contributed by atoms with van der Waals surface area (Å²) in [6.07, 6.45) is 1.54. The van der Waals surface area contributed by atoms with Gasteiger partial charge in [0.15, 0.2) is 0 Å². The lowest BCUT2D eigenvalue weighted by Crippen LogP contribution is -2.50. The number of piperidine rings is 1. The third-order valence-corrected chi connectivity index (χ3v) is 8.05. The fourth-order valence-corrected chi connectivity index (χ4v) is 5.00. The highest BCUT2D eigenvalue weighted by Gasteiger charge is 2.33. The van der Waals surface area contributed by atoms with Crippen LogP contribution in [0.5, 0.6) is 0 Å². The van der Waals surface area contributed by atoms with E-state index < -0.39 is 14.8 Å². The molecule has 3 rings (SSSR count). The number of carbonyl (C=O) groups excluding carboxylic acids is 1. The lowest BCUT2D eigenvalue weighted by atomic mass is 10.1. The maximum atomic E-state index is 12.8. The Kier molecular flexibility index (Phi) is 7.18. The van der Waals surface area contributed by atoms with Crippen LogP contribution in [-0.2, 0) is 14.8 Å². The standard InChI is InChI=1S/C22H36N4O4S/c1-16-14-26(15-17(2)30-16)20-8-6-7-19(13-20)23-21(27)25-11-9-18(10-12-25)24-31(28,29)22(3,4)5/h6-8,13,16-18,24H,9-12,14-15H2,1-5H3,(H,23,27)/t16-,17+. The Balaban J connectivity index is 1.55. The molecule has 9 heteroatoms. The van der Waals surface area contributed by atoms with Crippen molar-refractivity contribution in [3.05, 3.63) is 24.3 Å². The predicted molar refractivity (Wildman–Crippen MR) is 124 cm³/mol. The summed E-state index contributed by atoms with van der Waals surface area (Å²) in [5.41, 5.74) is 1.82. The van der Waals surface area contributed by atoms with Crippen molar-refractivity contribution in [1.82, 2.24) is 9.62 Å². The van der Waals surface area contributed by atoms with Gasteiger partial charge < -0.3 is 19.9 Å². The van der Waals surface area contributed by atoms with Gasteiger partial charge >= 0.3 is 6.03 Å². The van der Waals surface area contributed by atoms with Crippen LogP contribution in [0.1, 0.15) is 47.5 Å². The molecule has 0 aromatic heterocycles. The van der Waals surface area contributed by atoms with Crippen LogP contribution >= 0.6 is 0 Å². The molecule has 2 aliphatic heterocycles. The summed E-state index contributed by atoms with van der Waals surface area (Å²) >= 11 is 0. The molecular formula is C22H36N4O4S. The number of urea groups is 1. The first kappa shape index (κ1) is 23.8. The molecular weight excluding hydrogens is 416 g/mol. The fraction of sp³-hybridized carbons (Fsp3) is 0.682. The van der Waals surface area contributed by atoms with Crippen LogP contribution in [0, 0.1) is 0 Å². The number of hydrogen-bond acceptors (Lipinski definition) is 5. The molecule has 8 nitrogen and oxygen atoms in total. The minimum Gasteiger partial charge on any atom is -0.372 e. The van der Waals surface area contributed by atoms with Crippen molar-refractivity contribution in [1.29, 1.82) is 0 Å². The van der Waals surface area contributed by atoms with E-state index in [-0.39, 0.29) is 24.3 Å². The van der Waals surface area contributed by atoms with E-state index in [1.165, 1.54) is 0 Å². The third-order valence-electron chi connectivity index (χ3n) is 5.79. The summed E-state index contributed by atoms with van der Waals surface area (Å²) < 4.78 is 32.5.